The van der Waals surface area contributed by atoms with E-state index in [-0.39, 0.29) is 17.5 Å². The molecule has 33 heavy (non-hydrogen) atoms. The van der Waals surface area contributed by atoms with E-state index < -0.39 is 0 Å². The zero-order valence-corrected chi connectivity index (χ0v) is 19.5. The van der Waals surface area contributed by atoms with E-state index in [1.165, 1.54) is 36.0 Å². The van der Waals surface area contributed by atoms with Gasteiger partial charge >= 0.3 is 0 Å². The molecule has 168 valence electrons. The van der Waals surface area contributed by atoms with E-state index in [0.29, 0.717) is 12.1 Å². The number of ether oxygens (including phenoxy) is 1. The lowest BCUT2D eigenvalue weighted by Crippen LogP contribution is -2.16. The van der Waals surface area contributed by atoms with E-state index in [1.807, 2.05) is 43.3 Å². The van der Waals surface area contributed by atoms with Crippen molar-refractivity contribution in [1.29, 1.82) is 0 Å². The molecule has 0 radical (unpaired) electrons. The number of hydrogen-bond acceptors (Lipinski definition) is 5. The lowest BCUT2D eigenvalue weighted by atomic mass is 10.1. The highest BCUT2D eigenvalue weighted by atomic mass is 32.2. The maximum absolute atomic E-state index is 13.1. The van der Waals surface area contributed by atoms with Crippen molar-refractivity contribution < 1.29 is 13.9 Å². The van der Waals surface area contributed by atoms with Crippen molar-refractivity contribution in [2.24, 2.45) is 9.98 Å². The quantitative estimate of drug-likeness (QED) is 0.480. The summed E-state index contributed by atoms with van der Waals surface area (Å²) in [6.07, 6.45) is 0.494. The Morgan fingerprint density at radius 2 is 1.73 bits per heavy atom. The minimum Gasteiger partial charge on any atom is -0.497 e. The zero-order chi connectivity index (χ0) is 23.4. The van der Waals surface area contributed by atoms with Gasteiger partial charge in [-0.1, -0.05) is 12.1 Å². The molecule has 0 aromatic heterocycles. The monoisotopic (exact) mass is 461 g/mol. The topological polar surface area (TPSA) is 63.1 Å². The van der Waals surface area contributed by atoms with Crippen molar-refractivity contribution in [2.45, 2.75) is 20.3 Å². The van der Waals surface area contributed by atoms with Crippen LogP contribution in [-0.2, 0) is 4.79 Å². The summed E-state index contributed by atoms with van der Waals surface area (Å²) in [7, 11) is 1.64. The molecule has 1 aliphatic heterocycles. The number of hydrogen-bond donors (Lipinski definition) is 1. The fraction of sp³-hybridized carbons (Fsp3) is 0.192. The van der Waals surface area contributed by atoms with Gasteiger partial charge in [-0.15, -0.1) is 11.8 Å². The lowest BCUT2D eigenvalue weighted by molar-refractivity contribution is -0.113. The van der Waals surface area contributed by atoms with Gasteiger partial charge in [0.25, 0.3) is 0 Å². The number of fused-ring (bicyclic) bond motifs is 1. The van der Waals surface area contributed by atoms with Gasteiger partial charge in [-0.05, 0) is 73.5 Å². The largest absolute Gasteiger partial charge is 0.497 e. The van der Waals surface area contributed by atoms with E-state index in [0.717, 1.165) is 44.6 Å². The van der Waals surface area contributed by atoms with Crippen molar-refractivity contribution in [1.82, 2.24) is 0 Å². The highest BCUT2D eigenvalue weighted by Gasteiger charge is 2.18. The number of benzene rings is 3. The number of methoxy groups -OCH3 is 1. The number of anilines is 1. The Kier molecular flexibility index (Phi) is 6.89. The number of carbonyl (C=O) groups excluding carboxylic acids is 1. The van der Waals surface area contributed by atoms with Gasteiger partial charge in [0.05, 0.1) is 35.0 Å². The molecule has 3 aromatic carbocycles. The number of nitrogens with one attached hydrogen (secondary N) is 1. The molecule has 4 rings (SSSR count). The van der Waals surface area contributed by atoms with E-state index in [2.05, 4.69) is 12.2 Å². The van der Waals surface area contributed by atoms with Gasteiger partial charge in [-0.2, -0.15) is 0 Å². The summed E-state index contributed by atoms with van der Waals surface area (Å²) in [6.45, 7) is 4.10. The van der Waals surface area contributed by atoms with Crippen LogP contribution in [0.1, 0.15) is 23.1 Å². The second-order valence-corrected chi connectivity index (χ2v) is 8.79. The van der Waals surface area contributed by atoms with Crippen molar-refractivity contribution in [3.05, 3.63) is 83.2 Å². The van der Waals surface area contributed by atoms with Crippen molar-refractivity contribution in [3.63, 3.8) is 0 Å². The molecule has 1 heterocycles. The van der Waals surface area contributed by atoms with E-state index in [9.17, 15) is 9.18 Å². The highest BCUT2D eigenvalue weighted by molar-refractivity contribution is 8.14. The first-order chi connectivity index (χ1) is 15.9. The fourth-order valence-corrected chi connectivity index (χ4v) is 4.17. The van der Waals surface area contributed by atoms with Gasteiger partial charge in [0.2, 0.25) is 5.91 Å². The molecular weight excluding hydrogens is 437 g/mol. The van der Waals surface area contributed by atoms with Crippen LogP contribution >= 0.6 is 11.8 Å². The first kappa shape index (κ1) is 22.7. The SMILES string of the molecule is COc1cccc(C2=Nc3cc(C)c(C)cc3N=C(SCC(=O)Nc3ccc(F)cc3)C2)c1. The molecule has 0 unspecified atom stereocenters. The van der Waals surface area contributed by atoms with Gasteiger partial charge in [0.1, 0.15) is 11.6 Å². The summed E-state index contributed by atoms with van der Waals surface area (Å²) in [5.74, 6) is 0.411. The maximum atomic E-state index is 13.1. The second kappa shape index (κ2) is 10.0. The number of nitrogens with zero attached hydrogens (tertiary/aromatic N) is 2. The van der Waals surface area contributed by atoms with Crippen LogP contribution in [0.25, 0.3) is 0 Å². The Morgan fingerprint density at radius 1 is 1.03 bits per heavy atom. The number of rotatable bonds is 5. The number of carbonyl (C=O) groups is 1. The minimum absolute atomic E-state index is 0.182. The van der Waals surface area contributed by atoms with Crippen LogP contribution in [0.5, 0.6) is 5.75 Å². The molecular formula is C26H24FN3O2S. The number of halogens is 1. The first-order valence-electron chi connectivity index (χ1n) is 10.5. The molecule has 0 spiro atoms. The van der Waals surface area contributed by atoms with Gasteiger partial charge in [-0.25, -0.2) is 9.38 Å². The third-order valence-electron chi connectivity index (χ3n) is 5.31. The predicted molar refractivity (Wildman–Crippen MR) is 134 cm³/mol. The van der Waals surface area contributed by atoms with Crippen LogP contribution < -0.4 is 10.1 Å². The first-order valence-corrected chi connectivity index (χ1v) is 11.5. The number of aliphatic imine (C=N–C) groups is 2. The van der Waals surface area contributed by atoms with E-state index in [1.54, 1.807) is 7.11 Å². The smallest absolute Gasteiger partial charge is 0.234 e. The summed E-state index contributed by atoms with van der Waals surface area (Å²) >= 11 is 1.38. The molecule has 0 saturated carbocycles. The predicted octanol–water partition coefficient (Wildman–Crippen LogP) is 6.38. The number of amides is 1. The van der Waals surface area contributed by atoms with Gasteiger partial charge in [0.15, 0.2) is 0 Å². The van der Waals surface area contributed by atoms with Crippen LogP contribution in [0.15, 0.2) is 70.6 Å². The second-order valence-electron chi connectivity index (χ2n) is 7.74. The molecule has 1 N–H and O–H groups in total. The summed E-state index contributed by atoms with van der Waals surface area (Å²) in [6, 6.07) is 17.6. The maximum Gasteiger partial charge on any atom is 0.234 e. The number of aryl methyl sites for hydroxylation is 2. The van der Waals surface area contributed by atoms with Crippen LogP contribution in [0.4, 0.5) is 21.5 Å². The number of thioether (sulfide) groups is 1. The average molecular weight is 462 g/mol. The highest BCUT2D eigenvalue weighted by Crippen LogP contribution is 2.36. The van der Waals surface area contributed by atoms with Gasteiger partial charge in [-0.3, -0.25) is 9.79 Å². The lowest BCUT2D eigenvalue weighted by Gasteiger charge is -2.09. The normalized spacial score (nSPS) is 12.8. The summed E-state index contributed by atoms with van der Waals surface area (Å²) in [4.78, 5) is 22.3. The third-order valence-corrected chi connectivity index (χ3v) is 6.29. The van der Waals surface area contributed by atoms with Crippen molar-refractivity contribution in [3.8, 4) is 5.75 Å². The summed E-state index contributed by atoms with van der Waals surface area (Å²) in [5, 5.41) is 3.59. The Balaban J connectivity index is 1.59. The molecule has 3 aromatic rings. The average Bonchev–Trinajstić information content (AvgIpc) is 2.98. The van der Waals surface area contributed by atoms with Crippen molar-refractivity contribution >= 4 is 45.5 Å². The Labute approximate surface area is 196 Å². The molecule has 1 amide bonds. The van der Waals surface area contributed by atoms with Crippen molar-refractivity contribution in [2.75, 3.05) is 18.2 Å². The van der Waals surface area contributed by atoms with Crippen LogP contribution in [0, 0.1) is 19.7 Å². The molecule has 0 fully saturated rings. The Bertz CT molecular complexity index is 1250. The molecule has 0 aliphatic carbocycles. The van der Waals surface area contributed by atoms with Crippen LogP contribution in [-0.4, -0.2) is 29.5 Å². The van der Waals surface area contributed by atoms with Crippen LogP contribution in [0.2, 0.25) is 0 Å². The molecule has 7 heteroatoms. The molecule has 0 atom stereocenters. The standard InChI is InChI=1S/C26H24FN3O2S/c1-16-11-23-24(12-17(16)2)30-26(14-22(29-23)18-5-4-6-21(13-18)32-3)33-15-25(31)28-20-9-7-19(27)8-10-20/h4-13H,14-15H2,1-3H3,(H,28,31). The van der Waals surface area contributed by atoms with Gasteiger partial charge in [0, 0.05) is 17.7 Å². The Morgan fingerprint density at radius 3 is 2.42 bits per heavy atom. The van der Waals surface area contributed by atoms with Crippen LogP contribution in [0.3, 0.4) is 0 Å². The van der Waals surface area contributed by atoms with Gasteiger partial charge < -0.3 is 10.1 Å². The molecule has 0 saturated heterocycles. The minimum atomic E-state index is -0.344. The Hall–Kier alpha value is -3.45. The molecule has 5 nitrogen and oxygen atoms in total. The zero-order valence-electron chi connectivity index (χ0n) is 18.7. The third kappa shape index (κ3) is 5.68. The molecule has 0 bridgehead atoms. The summed E-state index contributed by atoms with van der Waals surface area (Å²) in [5.41, 5.74) is 6.24. The fourth-order valence-electron chi connectivity index (χ4n) is 3.40. The summed E-state index contributed by atoms with van der Waals surface area (Å²) < 4.78 is 18.5. The molecule has 1 aliphatic rings. The van der Waals surface area contributed by atoms with E-state index in [4.69, 9.17) is 14.7 Å². The van der Waals surface area contributed by atoms with E-state index >= 15 is 0 Å².